The molecule has 5 amide bonds. The molecule has 2 aromatic rings. The van der Waals surface area contributed by atoms with Gasteiger partial charge in [0.05, 0.1) is 26.4 Å². The lowest BCUT2D eigenvalue weighted by molar-refractivity contribution is -0.336. The molecule has 0 spiro atoms. The summed E-state index contributed by atoms with van der Waals surface area (Å²) in [4.78, 5) is 114. The molecule has 6 N–H and O–H groups in total. The molecule has 0 aromatic heterocycles. The van der Waals surface area contributed by atoms with Crippen molar-refractivity contribution in [2.24, 2.45) is 5.73 Å². The molecule has 1 saturated heterocycles. The molecule has 66 heavy (non-hydrogen) atoms. The van der Waals surface area contributed by atoms with E-state index < -0.39 is 136 Å². The van der Waals surface area contributed by atoms with Crippen molar-refractivity contribution in [2.75, 3.05) is 19.8 Å². The summed E-state index contributed by atoms with van der Waals surface area (Å²) >= 11 is 0. The number of hydrogen-bond acceptors (Lipinski definition) is 19. The molecular formula is C41H54N5O19P. The van der Waals surface area contributed by atoms with Gasteiger partial charge in [-0.2, -0.15) is 0 Å². The van der Waals surface area contributed by atoms with E-state index in [0.717, 1.165) is 41.5 Å². The fourth-order valence-corrected chi connectivity index (χ4v) is 7.31. The maximum atomic E-state index is 15.0. The van der Waals surface area contributed by atoms with Gasteiger partial charge in [0.15, 0.2) is 6.10 Å². The van der Waals surface area contributed by atoms with Crippen LogP contribution in [-0.2, 0) is 103 Å². The Morgan fingerprint density at radius 1 is 0.697 bits per heavy atom. The highest BCUT2D eigenvalue weighted by Gasteiger charge is 2.66. The molecule has 25 heteroatoms. The smallest absolute Gasteiger partial charge is 0.463 e. The van der Waals surface area contributed by atoms with Crippen LogP contribution in [0.3, 0.4) is 0 Å². The van der Waals surface area contributed by atoms with Crippen LogP contribution in [0.4, 0.5) is 0 Å². The van der Waals surface area contributed by atoms with E-state index in [-0.39, 0.29) is 6.61 Å². The van der Waals surface area contributed by atoms with Crippen LogP contribution in [0.1, 0.15) is 59.6 Å². The van der Waals surface area contributed by atoms with Crippen LogP contribution in [-0.4, -0.2) is 122 Å². The second kappa shape index (κ2) is 25.4. The van der Waals surface area contributed by atoms with Gasteiger partial charge >= 0.3 is 31.7 Å². The van der Waals surface area contributed by atoms with Crippen LogP contribution in [0.25, 0.3) is 0 Å². The van der Waals surface area contributed by atoms with Crippen molar-refractivity contribution in [3.63, 3.8) is 0 Å². The number of hydrogen-bond donors (Lipinski definition) is 5. The van der Waals surface area contributed by atoms with Crippen LogP contribution in [0.2, 0.25) is 0 Å². The van der Waals surface area contributed by atoms with Crippen molar-refractivity contribution >= 4 is 61.2 Å². The summed E-state index contributed by atoms with van der Waals surface area (Å²) in [7, 11) is -5.37. The maximum absolute atomic E-state index is 15.0. The first-order valence-electron chi connectivity index (χ1n) is 20.1. The summed E-state index contributed by atoms with van der Waals surface area (Å²) in [6.07, 6.45) is -8.10. The Kier molecular flexibility index (Phi) is 20.8. The van der Waals surface area contributed by atoms with Gasteiger partial charge in [-0.15, -0.1) is 0 Å². The number of phosphoric acid groups is 1. The third-order valence-electron chi connectivity index (χ3n) is 8.83. The molecule has 0 saturated carbocycles. The molecule has 0 aliphatic carbocycles. The Morgan fingerprint density at radius 2 is 1.26 bits per heavy atom. The second-order valence-corrected chi connectivity index (χ2v) is 16.2. The van der Waals surface area contributed by atoms with Crippen LogP contribution in [0.5, 0.6) is 0 Å². The van der Waals surface area contributed by atoms with Crippen LogP contribution >= 0.6 is 7.82 Å². The Balaban J connectivity index is 2.13. The fraction of sp³-hybridized carbons (Fsp3) is 0.488. The van der Waals surface area contributed by atoms with Crippen LogP contribution in [0.15, 0.2) is 60.7 Å². The van der Waals surface area contributed by atoms with E-state index >= 15 is 4.57 Å². The highest BCUT2D eigenvalue weighted by molar-refractivity contribution is 7.48. The second-order valence-electron chi connectivity index (χ2n) is 14.5. The number of phosphoric ester groups is 1. The van der Waals surface area contributed by atoms with Gasteiger partial charge in [-0.1, -0.05) is 60.7 Å². The molecule has 1 fully saturated rings. The van der Waals surface area contributed by atoms with Gasteiger partial charge < -0.3 is 55.4 Å². The Morgan fingerprint density at radius 3 is 1.77 bits per heavy atom. The minimum Gasteiger partial charge on any atom is -0.463 e. The number of rotatable bonds is 24. The number of carbonyl (C=O) groups excluding carboxylic acids is 9. The first-order chi connectivity index (χ1) is 31.0. The fourth-order valence-electron chi connectivity index (χ4n) is 6.03. The number of benzene rings is 2. The van der Waals surface area contributed by atoms with Crippen molar-refractivity contribution in [3.8, 4) is 0 Å². The zero-order valence-corrected chi connectivity index (χ0v) is 38.0. The SMILES string of the molecule is CC(=O)N[C@@H](COP(=O)(OCc1ccccc1)O[C@H]1O[C@H](COC(C)=O)[C@@H](OC(C)=O)[C@H](OC(C)=O)[C@]1(NC(C)=O)OC(C)=O)C(=O)N[C@@H](COCc1ccccc1)C(=O)N[C@@H](C)C(N)=O. The highest BCUT2D eigenvalue weighted by Crippen LogP contribution is 2.54. The molecule has 362 valence electrons. The Labute approximate surface area is 379 Å². The van der Waals surface area contributed by atoms with Gasteiger partial charge in [-0.3, -0.25) is 52.2 Å². The predicted octanol–water partition coefficient (Wildman–Crippen LogP) is 0.0877. The number of nitrogens with one attached hydrogen (secondary N) is 4. The average Bonchev–Trinajstić information content (AvgIpc) is 3.22. The molecule has 1 aliphatic heterocycles. The van der Waals surface area contributed by atoms with Gasteiger partial charge in [0.1, 0.15) is 30.8 Å². The van der Waals surface area contributed by atoms with Crippen LogP contribution < -0.4 is 27.0 Å². The van der Waals surface area contributed by atoms with E-state index in [1.165, 1.54) is 6.92 Å². The molecular weight excluding hydrogens is 897 g/mol. The minimum atomic E-state index is -5.37. The molecule has 3 rings (SSSR count). The topological polar surface area (TPSA) is 328 Å². The van der Waals surface area contributed by atoms with Crippen molar-refractivity contribution in [2.45, 2.75) is 110 Å². The zero-order chi connectivity index (χ0) is 49.2. The average molecular weight is 952 g/mol. The Hall–Kier alpha value is -6.30. The number of amides is 5. The molecule has 1 aliphatic rings. The number of primary amides is 1. The zero-order valence-electron chi connectivity index (χ0n) is 37.1. The summed E-state index contributed by atoms with van der Waals surface area (Å²) in [6.45, 7) is 4.11. The number of esters is 4. The summed E-state index contributed by atoms with van der Waals surface area (Å²) < 4.78 is 65.6. The van der Waals surface area contributed by atoms with Crippen molar-refractivity contribution < 1.29 is 89.7 Å². The van der Waals surface area contributed by atoms with Crippen LogP contribution in [0, 0.1) is 0 Å². The van der Waals surface area contributed by atoms with Crippen molar-refractivity contribution in [1.29, 1.82) is 0 Å². The summed E-state index contributed by atoms with van der Waals surface area (Å²) in [6, 6.07) is 12.2. The summed E-state index contributed by atoms with van der Waals surface area (Å²) in [5, 5.41) is 9.32. The maximum Gasteiger partial charge on any atom is 0.477 e. The molecule has 24 nitrogen and oxygen atoms in total. The van der Waals surface area contributed by atoms with Gasteiger partial charge in [0, 0.05) is 41.5 Å². The van der Waals surface area contributed by atoms with Crippen molar-refractivity contribution in [3.05, 3.63) is 71.8 Å². The quantitative estimate of drug-likeness (QED) is 0.0403. The van der Waals surface area contributed by atoms with Gasteiger partial charge in [-0.05, 0) is 18.1 Å². The first-order valence-corrected chi connectivity index (χ1v) is 21.5. The molecule has 0 radical (unpaired) electrons. The lowest BCUT2D eigenvalue weighted by atomic mass is 9.92. The number of nitrogens with two attached hydrogens (primary N) is 1. The highest BCUT2D eigenvalue weighted by atomic mass is 31.2. The normalized spacial score (nSPS) is 21.2. The molecule has 1 heterocycles. The third-order valence-corrected chi connectivity index (χ3v) is 10.2. The van der Waals surface area contributed by atoms with E-state index in [4.69, 9.17) is 47.7 Å². The number of carbonyl (C=O) groups is 9. The van der Waals surface area contributed by atoms with E-state index in [1.807, 2.05) is 0 Å². The standard InChI is InChI=1S/C41H54N5O19P/c1-23(37(42)53)43-38(54)32(20-57-18-30-14-10-8-11-15-30)45-39(55)33(44-24(2)47)21-60-66(56,59-19-31-16-12-9-13-17-31)65-40-41(46-25(3)48,64-29(7)52)36(62-28(6)51)35(61-27(5)50)34(63-40)22-58-26(4)49/h8-17,23,32-36,40H,18-22H2,1-7H3,(H2,42,53)(H,43,54)(H,44,47)(H,45,55)(H,46,48)/t23-,32-,33-,34+,35+,36-,40+,41-,66?/m0/s1. The van der Waals surface area contributed by atoms with E-state index in [9.17, 15) is 43.2 Å². The first kappa shape index (κ1) is 54.0. The lowest BCUT2D eigenvalue weighted by Crippen LogP contribution is -2.76. The van der Waals surface area contributed by atoms with Crippen molar-refractivity contribution in [1.82, 2.24) is 21.3 Å². The Bertz CT molecular complexity index is 2080. The van der Waals surface area contributed by atoms with Gasteiger partial charge in [0.2, 0.25) is 41.9 Å². The summed E-state index contributed by atoms with van der Waals surface area (Å²) in [5.74, 6) is -8.96. The molecule has 2 aromatic carbocycles. The molecule has 1 unspecified atom stereocenters. The van der Waals surface area contributed by atoms with Gasteiger partial charge in [-0.25, -0.2) is 9.09 Å². The minimum absolute atomic E-state index is 0.0123. The van der Waals surface area contributed by atoms with E-state index in [0.29, 0.717) is 11.1 Å². The third kappa shape index (κ3) is 17.2. The van der Waals surface area contributed by atoms with Gasteiger partial charge in [0.25, 0.3) is 5.72 Å². The largest absolute Gasteiger partial charge is 0.477 e. The lowest BCUT2D eigenvalue weighted by Gasteiger charge is -2.51. The van der Waals surface area contributed by atoms with E-state index in [1.54, 1.807) is 60.7 Å². The monoisotopic (exact) mass is 951 g/mol. The molecule has 0 bridgehead atoms. The summed E-state index contributed by atoms with van der Waals surface area (Å²) in [5.41, 5.74) is 3.49. The predicted molar refractivity (Wildman–Crippen MR) is 223 cm³/mol. The molecule has 9 atom stereocenters. The number of ether oxygens (including phenoxy) is 6. The van der Waals surface area contributed by atoms with E-state index in [2.05, 4.69) is 21.3 Å².